The van der Waals surface area contributed by atoms with Crippen LogP contribution in [0.2, 0.25) is 0 Å². The molecular weight excluding hydrogens is 254 g/mol. The van der Waals surface area contributed by atoms with Crippen molar-refractivity contribution in [3.05, 3.63) is 66.0 Å². The summed E-state index contributed by atoms with van der Waals surface area (Å²) in [4.78, 5) is 4.22. The predicted molar refractivity (Wildman–Crippen MR) is 73.9 cm³/mol. The summed E-state index contributed by atoms with van der Waals surface area (Å²) in [5.41, 5.74) is 1.95. The predicted octanol–water partition coefficient (Wildman–Crippen LogP) is 2.71. The molecule has 1 aromatic heterocycles. The number of ether oxygens (including phenoxy) is 3. The van der Waals surface area contributed by atoms with Gasteiger partial charge in [-0.1, -0.05) is 36.4 Å². The van der Waals surface area contributed by atoms with Crippen LogP contribution in [-0.4, -0.2) is 24.3 Å². The molecule has 0 unspecified atom stereocenters. The van der Waals surface area contributed by atoms with E-state index >= 15 is 0 Å². The fourth-order valence-electron chi connectivity index (χ4n) is 2.07. The zero-order valence-electron chi connectivity index (χ0n) is 11.1. The van der Waals surface area contributed by atoms with Crippen LogP contribution in [0.3, 0.4) is 0 Å². The number of benzene rings is 1. The lowest BCUT2D eigenvalue weighted by atomic mass is 10.2. The second kappa shape index (κ2) is 6.61. The Bertz CT molecular complexity index is 510. The Labute approximate surface area is 118 Å². The molecule has 4 heteroatoms. The van der Waals surface area contributed by atoms with E-state index in [2.05, 4.69) is 4.98 Å². The van der Waals surface area contributed by atoms with Crippen molar-refractivity contribution in [2.24, 2.45) is 0 Å². The number of nitrogens with zero attached hydrogens (tertiary/aromatic N) is 1. The van der Waals surface area contributed by atoms with Gasteiger partial charge in [0.15, 0.2) is 6.29 Å². The first-order valence-electron chi connectivity index (χ1n) is 6.71. The second-order valence-electron chi connectivity index (χ2n) is 4.66. The minimum atomic E-state index is -0.286. The van der Waals surface area contributed by atoms with Crippen molar-refractivity contribution in [1.29, 1.82) is 0 Å². The van der Waals surface area contributed by atoms with Gasteiger partial charge in [-0.3, -0.25) is 4.98 Å². The van der Waals surface area contributed by atoms with Crippen molar-refractivity contribution in [2.45, 2.75) is 19.0 Å². The molecule has 0 spiro atoms. The first kappa shape index (κ1) is 13.2. The highest BCUT2D eigenvalue weighted by Gasteiger charge is 2.23. The Kier molecular flexibility index (Phi) is 4.38. The highest BCUT2D eigenvalue weighted by molar-refractivity contribution is 5.16. The van der Waals surface area contributed by atoms with Crippen LogP contribution in [-0.2, 0) is 20.8 Å². The van der Waals surface area contributed by atoms with Crippen molar-refractivity contribution in [2.75, 3.05) is 13.2 Å². The van der Waals surface area contributed by atoms with Gasteiger partial charge >= 0.3 is 0 Å². The van der Waals surface area contributed by atoms with E-state index in [9.17, 15) is 0 Å². The molecule has 1 aromatic carbocycles. The molecule has 0 aliphatic carbocycles. The van der Waals surface area contributed by atoms with Crippen LogP contribution in [0.1, 0.15) is 17.5 Å². The van der Waals surface area contributed by atoms with E-state index in [1.165, 1.54) is 0 Å². The summed E-state index contributed by atoms with van der Waals surface area (Å²) in [6.45, 7) is 1.55. The quantitative estimate of drug-likeness (QED) is 0.857. The summed E-state index contributed by atoms with van der Waals surface area (Å²) < 4.78 is 17.1. The summed E-state index contributed by atoms with van der Waals surface area (Å²) in [5.74, 6) is 0. The summed E-state index contributed by atoms with van der Waals surface area (Å²) in [6.07, 6.45) is 1.43. The number of hydrogen-bond donors (Lipinski definition) is 0. The Morgan fingerprint density at radius 2 is 1.75 bits per heavy atom. The number of pyridine rings is 1. The lowest BCUT2D eigenvalue weighted by Crippen LogP contribution is -2.33. The molecule has 2 heterocycles. The molecule has 1 aliphatic heterocycles. The van der Waals surface area contributed by atoms with E-state index in [1.54, 1.807) is 6.20 Å². The first-order chi connectivity index (χ1) is 9.92. The number of hydrogen-bond acceptors (Lipinski definition) is 4. The monoisotopic (exact) mass is 271 g/mol. The van der Waals surface area contributed by atoms with Crippen LogP contribution < -0.4 is 0 Å². The normalized spacial score (nSPS) is 22.6. The van der Waals surface area contributed by atoms with Gasteiger partial charge in [-0.2, -0.15) is 0 Å². The number of rotatable bonds is 4. The maximum absolute atomic E-state index is 5.74. The van der Waals surface area contributed by atoms with Gasteiger partial charge in [0.25, 0.3) is 0 Å². The van der Waals surface area contributed by atoms with E-state index in [1.807, 2.05) is 48.5 Å². The van der Waals surface area contributed by atoms with E-state index in [0.717, 1.165) is 11.3 Å². The fraction of sp³-hybridized carbons (Fsp3) is 0.312. The van der Waals surface area contributed by atoms with Crippen molar-refractivity contribution in [1.82, 2.24) is 4.98 Å². The fourth-order valence-corrected chi connectivity index (χ4v) is 2.07. The Hall–Kier alpha value is -1.75. The summed E-state index contributed by atoms with van der Waals surface area (Å²) in [5, 5.41) is 0. The zero-order chi connectivity index (χ0) is 13.6. The minimum Gasteiger partial charge on any atom is -0.367 e. The molecular formula is C16H17NO3. The summed E-state index contributed by atoms with van der Waals surface area (Å²) in [7, 11) is 0. The van der Waals surface area contributed by atoms with Gasteiger partial charge in [-0.05, 0) is 12.1 Å². The third-order valence-electron chi connectivity index (χ3n) is 3.13. The van der Waals surface area contributed by atoms with Gasteiger partial charge in [0.1, 0.15) is 6.10 Å². The standard InChI is InChI=1S/C16H17NO3/c1-2-6-13(7-3-1)16-19-11-15(12-20-16)18-10-14-8-4-5-9-17-14/h1-9,15-16H,10-12H2. The van der Waals surface area contributed by atoms with Crippen molar-refractivity contribution in [3.63, 3.8) is 0 Å². The molecule has 4 nitrogen and oxygen atoms in total. The van der Waals surface area contributed by atoms with Gasteiger partial charge in [-0.25, -0.2) is 0 Å². The highest BCUT2D eigenvalue weighted by Crippen LogP contribution is 2.23. The SMILES string of the molecule is c1ccc(C2OCC(OCc3ccccn3)CO2)cc1. The molecule has 1 aliphatic rings. The molecule has 0 radical (unpaired) electrons. The molecule has 104 valence electrons. The average molecular weight is 271 g/mol. The van der Waals surface area contributed by atoms with Crippen LogP contribution in [0.15, 0.2) is 54.7 Å². The molecule has 20 heavy (non-hydrogen) atoms. The van der Waals surface area contributed by atoms with Crippen LogP contribution in [0.4, 0.5) is 0 Å². The van der Waals surface area contributed by atoms with E-state index in [-0.39, 0.29) is 12.4 Å². The van der Waals surface area contributed by atoms with Gasteiger partial charge in [0, 0.05) is 11.8 Å². The van der Waals surface area contributed by atoms with Gasteiger partial charge < -0.3 is 14.2 Å². The Balaban J connectivity index is 1.47. The summed E-state index contributed by atoms with van der Waals surface area (Å²) >= 11 is 0. The van der Waals surface area contributed by atoms with Crippen LogP contribution in [0, 0.1) is 0 Å². The molecule has 0 bridgehead atoms. The molecule has 3 rings (SSSR count). The molecule has 0 amide bonds. The first-order valence-corrected chi connectivity index (χ1v) is 6.71. The maximum Gasteiger partial charge on any atom is 0.184 e. The number of aromatic nitrogens is 1. The highest BCUT2D eigenvalue weighted by atomic mass is 16.7. The van der Waals surface area contributed by atoms with Gasteiger partial charge in [0.2, 0.25) is 0 Å². The van der Waals surface area contributed by atoms with E-state index in [0.29, 0.717) is 19.8 Å². The lowest BCUT2D eigenvalue weighted by molar-refractivity contribution is -0.232. The molecule has 1 fully saturated rings. The van der Waals surface area contributed by atoms with Crippen molar-refractivity contribution >= 4 is 0 Å². The van der Waals surface area contributed by atoms with Crippen LogP contribution >= 0.6 is 0 Å². The lowest BCUT2D eigenvalue weighted by Gasteiger charge is -2.29. The second-order valence-corrected chi connectivity index (χ2v) is 4.66. The van der Waals surface area contributed by atoms with Crippen LogP contribution in [0.5, 0.6) is 0 Å². The van der Waals surface area contributed by atoms with Crippen LogP contribution in [0.25, 0.3) is 0 Å². The zero-order valence-corrected chi connectivity index (χ0v) is 11.1. The van der Waals surface area contributed by atoms with Crippen molar-refractivity contribution in [3.8, 4) is 0 Å². The Morgan fingerprint density at radius 1 is 1.00 bits per heavy atom. The maximum atomic E-state index is 5.74. The molecule has 0 N–H and O–H groups in total. The van der Waals surface area contributed by atoms with E-state index in [4.69, 9.17) is 14.2 Å². The summed E-state index contributed by atoms with van der Waals surface area (Å²) in [6, 6.07) is 15.7. The minimum absolute atomic E-state index is 0.0445. The Morgan fingerprint density at radius 3 is 2.45 bits per heavy atom. The van der Waals surface area contributed by atoms with Crippen molar-refractivity contribution < 1.29 is 14.2 Å². The largest absolute Gasteiger partial charge is 0.367 e. The van der Waals surface area contributed by atoms with E-state index < -0.39 is 0 Å². The average Bonchev–Trinajstić information content (AvgIpc) is 2.55. The molecule has 0 atom stereocenters. The van der Waals surface area contributed by atoms with Gasteiger partial charge in [-0.15, -0.1) is 0 Å². The molecule has 0 saturated carbocycles. The third kappa shape index (κ3) is 3.42. The molecule has 1 saturated heterocycles. The topological polar surface area (TPSA) is 40.6 Å². The van der Waals surface area contributed by atoms with Gasteiger partial charge in [0.05, 0.1) is 25.5 Å². The smallest absolute Gasteiger partial charge is 0.184 e. The third-order valence-corrected chi connectivity index (χ3v) is 3.13. The molecule has 2 aromatic rings.